The molecular weight excluding hydrogens is 174 g/mol. The first kappa shape index (κ1) is 11.8. The molecule has 1 atom stereocenters. The van der Waals surface area contributed by atoms with E-state index in [1.54, 1.807) is 4.90 Å². The highest BCUT2D eigenvalue weighted by Gasteiger charge is 2.07. The van der Waals surface area contributed by atoms with Crippen molar-refractivity contribution in [1.29, 1.82) is 0 Å². The number of hydrogen-bond donors (Lipinski definition) is 0. The van der Waals surface area contributed by atoms with Crippen LogP contribution in [0.25, 0.3) is 0 Å². The lowest BCUT2D eigenvalue weighted by molar-refractivity contribution is -0.129. The molecule has 0 saturated heterocycles. The van der Waals surface area contributed by atoms with Crippen LogP contribution in [0.5, 0.6) is 0 Å². The quantitative estimate of drug-likeness (QED) is 0.611. The summed E-state index contributed by atoms with van der Waals surface area (Å²) in [5.74, 6) is 0.217. The summed E-state index contributed by atoms with van der Waals surface area (Å²) in [5.41, 5.74) is 0. The molecule has 0 rings (SSSR count). The highest BCUT2D eigenvalue weighted by atomic mass is 35.5. The van der Waals surface area contributed by atoms with Crippen LogP contribution in [0.4, 0.5) is 0 Å². The van der Waals surface area contributed by atoms with E-state index in [2.05, 4.69) is 0 Å². The van der Waals surface area contributed by atoms with Crippen molar-refractivity contribution in [3.63, 3.8) is 0 Å². The Bertz CT molecular complexity index is 136. The van der Waals surface area contributed by atoms with Crippen molar-refractivity contribution in [2.45, 2.75) is 38.5 Å². The number of amides is 1. The molecule has 2 nitrogen and oxygen atoms in total. The van der Waals surface area contributed by atoms with Crippen LogP contribution in [-0.2, 0) is 4.79 Å². The van der Waals surface area contributed by atoms with Crippen LogP contribution in [0.15, 0.2) is 0 Å². The number of alkyl halides is 1. The summed E-state index contributed by atoms with van der Waals surface area (Å²) < 4.78 is 0. The zero-order valence-corrected chi connectivity index (χ0v) is 8.90. The van der Waals surface area contributed by atoms with Gasteiger partial charge in [0.2, 0.25) is 5.91 Å². The van der Waals surface area contributed by atoms with Crippen LogP contribution in [0.3, 0.4) is 0 Å². The number of rotatable bonds is 5. The molecule has 0 saturated carbocycles. The van der Waals surface area contributed by atoms with E-state index in [1.807, 2.05) is 20.9 Å². The van der Waals surface area contributed by atoms with Gasteiger partial charge >= 0.3 is 0 Å². The van der Waals surface area contributed by atoms with Gasteiger partial charge in [-0.25, -0.2) is 0 Å². The Morgan fingerprint density at radius 2 is 2.17 bits per heavy atom. The molecule has 0 aromatic carbocycles. The van der Waals surface area contributed by atoms with Gasteiger partial charge in [-0.3, -0.25) is 4.79 Å². The highest BCUT2D eigenvalue weighted by Crippen LogP contribution is 2.02. The Morgan fingerprint density at radius 1 is 1.58 bits per heavy atom. The van der Waals surface area contributed by atoms with Crippen LogP contribution >= 0.6 is 11.6 Å². The zero-order chi connectivity index (χ0) is 9.56. The Hall–Kier alpha value is -0.240. The number of hydrogen-bond acceptors (Lipinski definition) is 1. The van der Waals surface area contributed by atoms with Crippen molar-refractivity contribution in [2.24, 2.45) is 0 Å². The molecular formula is C9H18ClNO. The smallest absolute Gasteiger partial charge is 0.222 e. The molecule has 1 unspecified atom stereocenters. The number of carbonyl (C=O) groups excluding carboxylic acids is 1. The van der Waals surface area contributed by atoms with E-state index in [0.29, 0.717) is 6.42 Å². The van der Waals surface area contributed by atoms with Crippen LogP contribution in [0.1, 0.15) is 33.1 Å². The summed E-state index contributed by atoms with van der Waals surface area (Å²) >= 11 is 5.77. The third-order valence-corrected chi connectivity index (χ3v) is 1.97. The minimum Gasteiger partial charge on any atom is -0.346 e. The largest absolute Gasteiger partial charge is 0.346 e. The van der Waals surface area contributed by atoms with Crippen molar-refractivity contribution in [2.75, 3.05) is 13.6 Å². The Labute approximate surface area is 79.9 Å². The summed E-state index contributed by atoms with van der Waals surface area (Å²) in [6.45, 7) is 4.72. The first-order valence-electron chi connectivity index (χ1n) is 4.46. The average Bonchev–Trinajstić information content (AvgIpc) is 2.00. The van der Waals surface area contributed by atoms with Crippen molar-refractivity contribution < 1.29 is 4.79 Å². The molecule has 1 amide bonds. The highest BCUT2D eigenvalue weighted by molar-refractivity contribution is 6.20. The van der Waals surface area contributed by atoms with Gasteiger partial charge < -0.3 is 4.90 Å². The number of halogens is 1. The lowest BCUT2D eigenvalue weighted by Gasteiger charge is -2.17. The molecule has 0 aliphatic carbocycles. The zero-order valence-electron chi connectivity index (χ0n) is 8.14. The molecule has 0 fully saturated rings. The van der Waals surface area contributed by atoms with E-state index < -0.39 is 0 Å². The van der Waals surface area contributed by atoms with Crippen molar-refractivity contribution in [3.8, 4) is 0 Å². The van der Waals surface area contributed by atoms with Gasteiger partial charge in [-0.1, -0.05) is 6.92 Å². The second-order valence-corrected chi connectivity index (χ2v) is 3.88. The molecule has 0 aromatic rings. The maximum atomic E-state index is 11.2. The summed E-state index contributed by atoms with van der Waals surface area (Å²) in [6, 6.07) is 0. The molecule has 0 aliphatic rings. The topological polar surface area (TPSA) is 20.3 Å². The molecule has 0 radical (unpaired) electrons. The Kier molecular flexibility index (Phi) is 6.17. The normalized spacial score (nSPS) is 12.7. The summed E-state index contributed by atoms with van der Waals surface area (Å²) in [6.07, 6.45) is 2.43. The van der Waals surface area contributed by atoms with E-state index in [0.717, 1.165) is 19.4 Å². The molecule has 0 aromatic heterocycles. The summed E-state index contributed by atoms with van der Waals surface area (Å²) in [7, 11) is 1.83. The van der Waals surface area contributed by atoms with Crippen LogP contribution in [-0.4, -0.2) is 29.8 Å². The van der Waals surface area contributed by atoms with Gasteiger partial charge in [-0.2, -0.15) is 0 Å². The maximum Gasteiger partial charge on any atom is 0.222 e. The van der Waals surface area contributed by atoms with E-state index in [4.69, 9.17) is 11.6 Å². The standard InChI is InChI=1S/C9H18ClNO/c1-4-5-9(12)11(3)7-6-8(2)10/h8H,4-7H2,1-3H3. The van der Waals surface area contributed by atoms with E-state index in [1.165, 1.54) is 0 Å². The molecule has 72 valence electrons. The molecule has 0 bridgehead atoms. The van der Waals surface area contributed by atoms with Crippen LogP contribution < -0.4 is 0 Å². The summed E-state index contributed by atoms with van der Waals surface area (Å²) in [4.78, 5) is 13.0. The van der Waals surface area contributed by atoms with Crippen molar-refractivity contribution in [1.82, 2.24) is 4.90 Å². The molecule has 0 heterocycles. The van der Waals surface area contributed by atoms with Crippen LogP contribution in [0, 0.1) is 0 Å². The SMILES string of the molecule is CCCC(=O)N(C)CCC(C)Cl. The van der Waals surface area contributed by atoms with E-state index in [-0.39, 0.29) is 11.3 Å². The predicted molar refractivity (Wildman–Crippen MR) is 52.5 cm³/mol. The van der Waals surface area contributed by atoms with Gasteiger partial charge in [-0.05, 0) is 19.8 Å². The molecule has 0 aliphatic heterocycles. The fourth-order valence-corrected chi connectivity index (χ4v) is 0.999. The van der Waals surface area contributed by atoms with Gasteiger partial charge in [0.25, 0.3) is 0 Å². The second-order valence-electron chi connectivity index (χ2n) is 3.13. The lowest BCUT2D eigenvalue weighted by atomic mass is 10.2. The fraction of sp³-hybridized carbons (Fsp3) is 0.889. The minimum absolute atomic E-state index is 0.155. The third kappa shape index (κ3) is 5.42. The van der Waals surface area contributed by atoms with Gasteiger partial charge in [0, 0.05) is 25.4 Å². The lowest BCUT2D eigenvalue weighted by Crippen LogP contribution is -2.28. The number of nitrogens with zero attached hydrogens (tertiary/aromatic N) is 1. The monoisotopic (exact) mass is 191 g/mol. The van der Waals surface area contributed by atoms with E-state index >= 15 is 0 Å². The molecule has 0 N–H and O–H groups in total. The van der Waals surface area contributed by atoms with Gasteiger partial charge in [0.15, 0.2) is 0 Å². The fourth-order valence-electron chi connectivity index (χ4n) is 0.901. The van der Waals surface area contributed by atoms with Gasteiger partial charge in [0.1, 0.15) is 0 Å². The van der Waals surface area contributed by atoms with Gasteiger partial charge in [0.05, 0.1) is 0 Å². The molecule has 0 spiro atoms. The number of carbonyl (C=O) groups is 1. The minimum atomic E-state index is 0.155. The molecule has 12 heavy (non-hydrogen) atoms. The Balaban J connectivity index is 3.56. The Morgan fingerprint density at radius 3 is 2.58 bits per heavy atom. The second kappa shape index (κ2) is 6.30. The first-order chi connectivity index (χ1) is 5.57. The molecule has 3 heteroatoms. The maximum absolute atomic E-state index is 11.2. The average molecular weight is 192 g/mol. The first-order valence-corrected chi connectivity index (χ1v) is 4.89. The predicted octanol–water partition coefficient (Wildman–Crippen LogP) is 2.26. The third-order valence-electron chi connectivity index (χ3n) is 1.75. The summed E-state index contributed by atoms with van der Waals surface area (Å²) in [5, 5.41) is 0.155. The van der Waals surface area contributed by atoms with E-state index in [9.17, 15) is 4.79 Å². The van der Waals surface area contributed by atoms with Crippen molar-refractivity contribution >= 4 is 17.5 Å². The van der Waals surface area contributed by atoms with Crippen LogP contribution in [0.2, 0.25) is 0 Å². The van der Waals surface area contributed by atoms with Gasteiger partial charge in [-0.15, -0.1) is 11.6 Å². The van der Waals surface area contributed by atoms with Crippen molar-refractivity contribution in [3.05, 3.63) is 0 Å².